The minimum Gasteiger partial charge on any atom is -0.469 e. The van der Waals surface area contributed by atoms with E-state index < -0.39 is 0 Å². The van der Waals surface area contributed by atoms with Gasteiger partial charge in [-0.3, -0.25) is 0 Å². The number of furan rings is 1. The molecule has 1 aliphatic carbocycles. The fourth-order valence-electron chi connectivity index (χ4n) is 2.71. The van der Waals surface area contributed by atoms with E-state index in [2.05, 4.69) is 6.92 Å². The molecule has 1 saturated carbocycles. The second-order valence-corrected chi connectivity index (χ2v) is 5.30. The number of aryl methyl sites for hydroxylation is 1. The van der Waals surface area contributed by atoms with Crippen molar-refractivity contribution in [2.75, 3.05) is 0 Å². The lowest BCUT2D eigenvalue weighted by atomic mass is 9.78. The molecule has 1 aromatic heterocycles. The topological polar surface area (TPSA) is 39.2 Å². The maximum atomic E-state index is 6.27. The van der Waals surface area contributed by atoms with Crippen LogP contribution in [0.4, 0.5) is 0 Å². The van der Waals surface area contributed by atoms with Crippen LogP contribution in [0, 0.1) is 11.8 Å². The van der Waals surface area contributed by atoms with Crippen molar-refractivity contribution in [3.8, 4) is 0 Å². The van der Waals surface area contributed by atoms with Crippen LogP contribution in [-0.2, 0) is 6.42 Å². The molecule has 16 heavy (non-hydrogen) atoms. The SMILES string of the molecule is CC1CCC(C(N)CCc2ccco2)CC1. The number of hydrogen-bond acceptors (Lipinski definition) is 2. The Kier molecular flexibility index (Phi) is 4.05. The highest BCUT2D eigenvalue weighted by molar-refractivity contribution is 4.98. The van der Waals surface area contributed by atoms with E-state index in [0.29, 0.717) is 6.04 Å². The quantitative estimate of drug-likeness (QED) is 0.846. The summed E-state index contributed by atoms with van der Waals surface area (Å²) < 4.78 is 5.33. The lowest BCUT2D eigenvalue weighted by Crippen LogP contribution is -2.33. The smallest absolute Gasteiger partial charge is 0.103 e. The summed E-state index contributed by atoms with van der Waals surface area (Å²) in [5, 5.41) is 0. The van der Waals surface area contributed by atoms with Crippen LogP contribution in [0.15, 0.2) is 22.8 Å². The van der Waals surface area contributed by atoms with E-state index in [0.717, 1.165) is 30.4 Å². The van der Waals surface area contributed by atoms with Crippen molar-refractivity contribution in [2.24, 2.45) is 17.6 Å². The lowest BCUT2D eigenvalue weighted by Gasteiger charge is -2.30. The van der Waals surface area contributed by atoms with Crippen molar-refractivity contribution in [3.63, 3.8) is 0 Å². The zero-order valence-corrected chi connectivity index (χ0v) is 10.2. The summed E-state index contributed by atoms with van der Waals surface area (Å²) in [5.41, 5.74) is 6.27. The maximum absolute atomic E-state index is 6.27. The van der Waals surface area contributed by atoms with Crippen molar-refractivity contribution < 1.29 is 4.42 Å². The van der Waals surface area contributed by atoms with Gasteiger partial charge in [0.15, 0.2) is 0 Å². The predicted octanol–water partition coefficient (Wildman–Crippen LogP) is 3.37. The molecule has 0 radical (unpaired) electrons. The zero-order valence-electron chi connectivity index (χ0n) is 10.2. The van der Waals surface area contributed by atoms with Gasteiger partial charge in [0, 0.05) is 12.5 Å². The molecular weight excluding hydrogens is 198 g/mol. The highest BCUT2D eigenvalue weighted by Crippen LogP contribution is 2.30. The Balaban J connectivity index is 1.73. The molecule has 0 amide bonds. The largest absolute Gasteiger partial charge is 0.469 e. The lowest BCUT2D eigenvalue weighted by molar-refractivity contribution is 0.246. The first-order chi connectivity index (χ1) is 7.75. The Bertz CT molecular complexity index is 286. The normalized spacial score (nSPS) is 27.9. The third kappa shape index (κ3) is 3.11. The first-order valence-electron chi connectivity index (χ1n) is 6.53. The molecule has 2 rings (SSSR count). The first kappa shape index (κ1) is 11.7. The molecule has 2 nitrogen and oxygen atoms in total. The van der Waals surface area contributed by atoms with Gasteiger partial charge in [0.2, 0.25) is 0 Å². The van der Waals surface area contributed by atoms with Gasteiger partial charge >= 0.3 is 0 Å². The van der Waals surface area contributed by atoms with Gasteiger partial charge in [0.05, 0.1) is 6.26 Å². The maximum Gasteiger partial charge on any atom is 0.103 e. The van der Waals surface area contributed by atoms with Crippen molar-refractivity contribution >= 4 is 0 Å². The third-order valence-electron chi connectivity index (χ3n) is 3.97. The summed E-state index contributed by atoms with van der Waals surface area (Å²) in [6.07, 6.45) is 9.15. The van der Waals surface area contributed by atoms with Crippen molar-refractivity contribution in [1.82, 2.24) is 0 Å². The summed E-state index contributed by atoms with van der Waals surface area (Å²) in [4.78, 5) is 0. The molecule has 1 aliphatic rings. The van der Waals surface area contributed by atoms with Crippen LogP contribution >= 0.6 is 0 Å². The van der Waals surface area contributed by atoms with Crippen LogP contribution in [0.1, 0.15) is 44.8 Å². The molecule has 90 valence electrons. The molecule has 0 spiro atoms. The second-order valence-electron chi connectivity index (χ2n) is 5.30. The van der Waals surface area contributed by atoms with Gasteiger partial charge in [0.1, 0.15) is 5.76 Å². The standard InChI is InChI=1S/C14H23NO/c1-11-4-6-12(7-5-11)14(15)9-8-13-3-2-10-16-13/h2-3,10-12,14H,4-9,15H2,1H3. The fraction of sp³-hybridized carbons (Fsp3) is 0.714. The molecule has 1 fully saturated rings. The second kappa shape index (κ2) is 5.53. The minimum absolute atomic E-state index is 0.359. The monoisotopic (exact) mass is 221 g/mol. The van der Waals surface area contributed by atoms with Crippen LogP contribution in [0.25, 0.3) is 0 Å². The average Bonchev–Trinajstić information content (AvgIpc) is 2.80. The molecule has 2 N–H and O–H groups in total. The predicted molar refractivity (Wildman–Crippen MR) is 66.1 cm³/mol. The van der Waals surface area contributed by atoms with Crippen LogP contribution in [0.3, 0.4) is 0 Å². The van der Waals surface area contributed by atoms with E-state index in [1.54, 1.807) is 6.26 Å². The van der Waals surface area contributed by atoms with Gasteiger partial charge in [-0.05, 0) is 43.2 Å². The van der Waals surface area contributed by atoms with Gasteiger partial charge in [-0.15, -0.1) is 0 Å². The first-order valence-corrected chi connectivity index (χ1v) is 6.53. The number of rotatable bonds is 4. The number of nitrogens with two attached hydrogens (primary N) is 1. The molecule has 0 aromatic carbocycles. The Morgan fingerprint density at radius 2 is 2.12 bits per heavy atom. The summed E-state index contributed by atoms with van der Waals surface area (Å²) in [6.45, 7) is 2.35. The van der Waals surface area contributed by atoms with E-state index in [4.69, 9.17) is 10.2 Å². The molecule has 2 heteroatoms. The van der Waals surface area contributed by atoms with Gasteiger partial charge in [0.25, 0.3) is 0 Å². The molecule has 1 atom stereocenters. The van der Waals surface area contributed by atoms with Crippen LogP contribution in [0.2, 0.25) is 0 Å². The van der Waals surface area contributed by atoms with E-state index in [1.165, 1.54) is 25.7 Å². The van der Waals surface area contributed by atoms with Crippen molar-refractivity contribution in [3.05, 3.63) is 24.2 Å². The minimum atomic E-state index is 0.359. The average molecular weight is 221 g/mol. The Labute approximate surface area is 98.2 Å². The molecular formula is C14H23NO. The fourth-order valence-corrected chi connectivity index (χ4v) is 2.71. The van der Waals surface area contributed by atoms with Gasteiger partial charge in [-0.2, -0.15) is 0 Å². The molecule has 1 unspecified atom stereocenters. The van der Waals surface area contributed by atoms with Gasteiger partial charge in [-0.25, -0.2) is 0 Å². The highest BCUT2D eigenvalue weighted by atomic mass is 16.3. The summed E-state index contributed by atoms with van der Waals surface area (Å²) in [7, 11) is 0. The Morgan fingerprint density at radius 1 is 1.38 bits per heavy atom. The Hall–Kier alpha value is -0.760. The molecule has 1 aromatic rings. The van der Waals surface area contributed by atoms with Crippen molar-refractivity contribution in [1.29, 1.82) is 0 Å². The molecule has 0 saturated heterocycles. The van der Waals surface area contributed by atoms with E-state index >= 15 is 0 Å². The summed E-state index contributed by atoms with van der Waals surface area (Å²) in [5.74, 6) is 2.72. The van der Waals surface area contributed by atoms with Gasteiger partial charge in [-0.1, -0.05) is 19.8 Å². The Morgan fingerprint density at radius 3 is 2.75 bits per heavy atom. The van der Waals surface area contributed by atoms with Crippen LogP contribution in [0.5, 0.6) is 0 Å². The summed E-state index contributed by atoms with van der Waals surface area (Å²) in [6, 6.07) is 4.34. The molecule has 0 aliphatic heterocycles. The van der Waals surface area contributed by atoms with E-state index in [9.17, 15) is 0 Å². The molecule has 0 bridgehead atoms. The van der Waals surface area contributed by atoms with E-state index in [1.807, 2.05) is 12.1 Å². The van der Waals surface area contributed by atoms with E-state index in [-0.39, 0.29) is 0 Å². The van der Waals surface area contributed by atoms with Crippen LogP contribution < -0.4 is 5.73 Å². The number of hydrogen-bond donors (Lipinski definition) is 1. The third-order valence-corrected chi connectivity index (χ3v) is 3.97. The molecule has 1 heterocycles. The van der Waals surface area contributed by atoms with Crippen LogP contribution in [-0.4, -0.2) is 6.04 Å². The van der Waals surface area contributed by atoms with Crippen molar-refractivity contribution in [2.45, 2.75) is 51.5 Å². The van der Waals surface area contributed by atoms with Gasteiger partial charge < -0.3 is 10.2 Å². The summed E-state index contributed by atoms with van der Waals surface area (Å²) >= 11 is 0. The zero-order chi connectivity index (χ0) is 11.4. The highest BCUT2D eigenvalue weighted by Gasteiger charge is 2.23.